The van der Waals surface area contributed by atoms with Gasteiger partial charge in [-0.05, 0) is 26.3 Å². The largest absolute Gasteiger partial charge is 0.317 e. The van der Waals surface area contributed by atoms with Crippen LogP contribution in [0.25, 0.3) is 0 Å². The topological polar surface area (TPSA) is 12.0 Å². The summed E-state index contributed by atoms with van der Waals surface area (Å²) in [6.45, 7) is 7.47. The van der Waals surface area contributed by atoms with Crippen LogP contribution in [0, 0.1) is 6.92 Å². The highest BCUT2D eigenvalue weighted by Crippen LogP contribution is 1.99. The van der Waals surface area contributed by atoms with Crippen LogP contribution in [0.1, 0.15) is 19.3 Å². The molecule has 1 atom stereocenters. The van der Waals surface area contributed by atoms with E-state index in [0.29, 0.717) is 6.04 Å². The summed E-state index contributed by atoms with van der Waals surface area (Å²) in [5.41, 5.74) is 0. The molecular formula is C8H16N. The van der Waals surface area contributed by atoms with Crippen molar-refractivity contribution in [3.8, 4) is 0 Å². The van der Waals surface area contributed by atoms with Crippen LogP contribution in [-0.2, 0) is 0 Å². The van der Waals surface area contributed by atoms with E-state index in [2.05, 4.69) is 18.8 Å². The normalized spacial score (nSPS) is 13.1. The zero-order valence-corrected chi connectivity index (χ0v) is 6.19. The van der Waals surface area contributed by atoms with Crippen molar-refractivity contribution in [1.29, 1.82) is 0 Å². The highest BCUT2D eigenvalue weighted by molar-refractivity contribution is 4.73. The molecule has 0 bridgehead atoms. The van der Waals surface area contributed by atoms with E-state index in [4.69, 9.17) is 0 Å². The first-order chi connectivity index (χ1) is 4.35. The Balaban J connectivity index is 3.19. The number of rotatable bonds is 5. The van der Waals surface area contributed by atoms with Crippen LogP contribution in [-0.4, -0.2) is 13.1 Å². The van der Waals surface area contributed by atoms with E-state index in [1.165, 1.54) is 0 Å². The van der Waals surface area contributed by atoms with Crippen molar-refractivity contribution in [3.05, 3.63) is 19.6 Å². The predicted octanol–water partition coefficient (Wildman–Crippen LogP) is 1.76. The molecule has 0 aromatic heterocycles. The fraction of sp³-hybridized carbons (Fsp3) is 0.625. The Labute approximate surface area is 58.2 Å². The Morgan fingerprint density at radius 1 is 1.67 bits per heavy atom. The lowest BCUT2D eigenvalue weighted by atomic mass is 10.1. The molecule has 1 N–H and O–H groups in total. The molecule has 0 aliphatic heterocycles. The molecule has 0 heterocycles. The number of hydrogen-bond donors (Lipinski definition) is 1. The van der Waals surface area contributed by atoms with Gasteiger partial charge >= 0.3 is 0 Å². The smallest absolute Gasteiger partial charge is 0.00670 e. The monoisotopic (exact) mass is 126 g/mol. The van der Waals surface area contributed by atoms with E-state index in [9.17, 15) is 0 Å². The standard InChI is InChI=1S/C8H16N/c1-4-6-7-8(5-2)9-3/h4,8-9H,1-2,5-7H2,3H3. The summed E-state index contributed by atoms with van der Waals surface area (Å²) in [5, 5.41) is 3.18. The Morgan fingerprint density at radius 2 is 2.33 bits per heavy atom. The summed E-state index contributed by atoms with van der Waals surface area (Å²) in [6.07, 6.45) is 5.15. The molecule has 1 heteroatoms. The van der Waals surface area contributed by atoms with Crippen LogP contribution in [0.2, 0.25) is 0 Å². The van der Waals surface area contributed by atoms with Gasteiger partial charge in [0.05, 0.1) is 0 Å². The van der Waals surface area contributed by atoms with E-state index in [1.54, 1.807) is 0 Å². The lowest BCUT2D eigenvalue weighted by Crippen LogP contribution is -2.23. The van der Waals surface area contributed by atoms with Crippen LogP contribution in [0.4, 0.5) is 0 Å². The molecule has 0 aliphatic rings. The summed E-state index contributed by atoms with van der Waals surface area (Å²) in [7, 11) is 1.97. The van der Waals surface area contributed by atoms with E-state index >= 15 is 0 Å². The molecule has 1 radical (unpaired) electrons. The first-order valence-electron chi connectivity index (χ1n) is 3.42. The summed E-state index contributed by atoms with van der Waals surface area (Å²) in [4.78, 5) is 0. The van der Waals surface area contributed by atoms with Gasteiger partial charge in [0.25, 0.3) is 0 Å². The van der Waals surface area contributed by atoms with Crippen LogP contribution >= 0.6 is 0 Å². The maximum Gasteiger partial charge on any atom is 0.00670 e. The van der Waals surface area contributed by atoms with Gasteiger partial charge in [-0.1, -0.05) is 13.0 Å². The number of hydrogen-bond acceptors (Lipinski definition) is 1. The first kappa shape index (κ1) is 8.70. The Kier molecular flexibility index (Phi) is 5.64. The van der Waals surface area contributed by atoms with Gasteiger partial charge in [0.15, 0.2) is 0 Å². The third-order valence-electron chi connectivity index (χ3n) is 1.48. The second kappa shape index (κ2) is 5.83. The van der Waals surface area contributed by atoms with Crippen molar-refractivity contribution in [2.45, 2.75) is 25.3 Å². The SMILES string of the molecule is [CH2]CC(CCC=C)NC. The molecule has 53 valence electrons. The number of allylic oxidation sites excluding steroid dienone is 1. The zero-order valence-electron chi connectivity index (χ0n) is 6.19. The van der Waals surface area contributed by atoms with Crippen LogP contribution in [0.15, 0.2) is 12.7 Å². The second-order valence-electron chi connectivity index (χ2n) is 2.14. The van der Waals surface area contributed by atoms with E-state index in [-0.39, 0.29) is 0 Å². The van der Waals surface area contributed by atoms with Crippen molar-refractivity contribution in [2.24, 2.45) is 0 Å². The molecule has 9 heavy (non-hydrogen) atoms. The minimum Gasteiger partial charge on any atom is -0.317 e. The minimum atomic E-state index is 0.572. The third-order valence-corrected chi connectivity index (χ3v) is 1.48. The zero-order chi connectivity index (χ0) is 7.11. The Bertz CT molecular complexity index is 65.0. The van der Waals surface area contributed by atoms with Crippen molar-refractivity contribution < 1.29 is 0 Å². The molecule has 1 nitrogen and oxygen atoms in total. The van der Waals surface area contributed by atoms with Crippen LogP contribution < -0.4 is 5.32 Å². The summed E-state index contributed by atoms with van der Waals surface area (Å²) in [5.74, 6) is 0. The third kappa shape index (κ3) is 4.22. The predicted molar refractivity (Wildman–Crippen MR) is 42.3 cm³/mol. The van der Waals surface area contributed by atoms with Crippen LogP contribution in [0.5, 0.6) is 0 Å². The van der Waals surface area contributed by atoms with Gasteiger partial charge < -0.3 is 5.32 Å². The molecule has 0 rings (SSSR count). The average Bonchev–Trinajstić information content (AvgIpc) is 1.91. The van der Waals surface area contributed by atoms with E-state index in [1.807, 2.05) is 13.1 Å². The maximum atomic E-state index is 3.81. The second-order valence-corrected chi connectivity index (χ2v) is 2.14. The van der Waals surface area contributed by atoms with Gasteiger partial charge in [-0.25, -0.2) is 0 Å². The molecule has 0 amide bonds. The van der Waals surface area contributed by atoms with Gasteiger partial charge in [-0.3, -0.25) is 0 Å². The molecule has 0 saturated heterocycles. The fourth-order valence-corrected chi connectivity index (χ4v) is 0.752. The average molecular weight is 126 g/mol. The van der Waals surface area contributed by atoms with Crippen molar-refractivity contribution >= 4 is 0 Å². The van der Waals surface area contributed by atoms with Gasteiger partial charge in [-0.2, -0.15) is 0 Å². The summed E-state index contributed by atoms with van der Waals surface area (Å²) >= 11 is 0. The summed E-state index contributed by atoms with van der Waals surface area (Å²) < 4.78 is 0. The molecule has 0 aromatic rings. The highest BCUT2D eigenvalue weighted by Gasteiger charge is 1.98. The van der Waals surface area contributed by atoms with Crippen molar-refractivity contribution in [3.63, 3.8) is 0 Å². The molecule has 0 aromatic carbocycles. The van der Waals surface area contributed by atoms with Crippen molar-refractivity contribution in [1.82, 2.24) is 5.32 Å². The molecule has 0 fully saturated rings. The van der Waals surface area contributed by atoms with Crippen LogP contribution in [0.3, 0.4) is 0 Å². The maximum absolute atomic E-state index is 3.81. The molecule has 0 spiro atoms. The molecule has 0 aliphatic carbocycles. The lowest BCUT2D eigenvalue weighted by molar-refractivity contribution is 0.532. The van der Waals surface area contributed by atoms with Crippen molar-refractivity contribution in [2.75, 3.05) is 7.05 Å². The molecule has 1 unspecified atom stereocenters. The van der Waals surface area contributed by atoms with Gasteiger partial charge in [0.2, 0.25) is 0 Å². The van der Waals surface area contributed by atoms with Gasteiger partial charge in [-0.15, -0.1) is 6.58 Å². The Hall–Kier alpha value is -0.300. The fourth-order valence-electron chi connectivity index (χ4n) is 0.752. The minimum absolute atomic E-state index is 0.572. The Morgan fingerprint density at radius 3 is 2.67 bits per heavy atom. The highest BCUT2D eigenvalue weighted by atomic mass is 14.9. The van der Waals surface area contributed by atoms with E-state index in [0.717, 1.165) is 19.3 Å². The first-order valence-corrected chi connectivity index (χ1v) is 3.42. The van der Waals surface area contributed by atoms with Gasteiger partial charge in [0, 0.05) is 6.04 Å². The number of nitrogens with one attached hydrogen (secondary N) is 1. The van der Waals surface area contributed by atoms with Gasteiger partial charge in [0.1, 0.15) is 0 Å². The molecular weight excluding hydrogens is 110 g/mol. The lowest BCUT2D eigenvalue weighted by Gasteiger charge is -2.10. The quantitative estimate of drug-likeness (QED) is 0.553. The summed E-state index contributed by atoms with van der Waals surface area (Å²) in [6, 6.07) is 0.572. The van der Waals surface area contributed by atoms with E-state index < -0.39 is 0 Å². The molecule has 0 saturated carbocycles.